The van der Waals surface area contributed by atoms with Crippen molar-refractivity contribution in [1.82, 2.24) is 0 Å². The van der Waals surface area contributed by atoms with Crippen molar-refractivity contribution in [2.24, 2.45) is 46.3 Å². The van der Waals surface area contributed by atoms with Crippen molar-refractivity contribution in [3.05, 3.63) is 72.4 Å². The van der Waals surface area contributed by atoms with Gasteiger partial charge in [-0.3, -0.25) is 4.79 Å². The van der Waals surface area contributed by atoms with Gasteiger partial charge in [0, 0.05) is 12.8 Å². The first-order chi connectivity index (χ1) is 34.7. The van der Waals surface area contributed by atoms with Gasteiger partial charge in [0.15, 0.2) is 0 Å². The Balaban J connectivity index is 0.858. The van der Waals surface area contributed by atoms with Crippen molar-refractivity contribution in [3.8, 4) is 0 Å². The second kappa shape index (κ2) is 37.6. The minimum atomic E-state index is 0.0670. The summed E-state index contributed by atoms with van der Waals surface area (Å²) in [5.74, 6) is 5.31. The molecule has 4 aliphatic rings. The summed E-state index contributed by atoms with van der Waals surface area (Å²) in [7, 11) is 0. The van der Waals surface area contributed by atoms with Crippen LogP contribution in [0.5, 0.6) is 0 Å². The summed E-state index contributed by atoms with van der Waals surface area (Å²) >= 11 is 0. The van der Waals surface area contributed by atoms with E-state index in [1.165, 1.54) is 205 Å². The molecule has 0 aliphatic heterocycles. The van der Waals surface area contributed by atoms with Crippen LogP contribution in [-0.4, -0.2) is 12.1 Å². The van der Waals surface area contributed by atoms with Crippen molar-refractivity contribution in [2.75, 3.05) is 0 Å². The zero-order valence-corrected chi connectivity index (χ0v) is 48.2. The fraction of sp³-hybridized carbons (Fsp3) is 0.812. The van der Waals surface area contributed by atoms with Gasteiger partial charge < -0.3 is 4.74 Å². The van der Waals surface area contributed by atoms with Gasteiger partial charge in [0.25, 0.3) is 0 Å². The van der Waals surface area contributed by atoms with Gasteiger partial charge in [0.1, 0.15) is 6.10 Å². The van der Waals surface area contributed by atoms with Gasteiger partial charge in [-0.25, -0.2) is 0 Å². The van der Waals surface area contributed by atoms with E-state index in [0.717, 1.165) is 86.9 Å². The summed E-state index contributed by atoms with van der Waals surface area (Å²) in [6, 6.07) is 0. The first-order valence-corrected chi connectivity index (χ1v) is 31.8. The molecule has 0 amide bonds. The van der Waals surface area contributed by atoms with Crippen LogP contribution in [0.15, 0.2) is 72.4 Å². The third kappa shape index (κ3) is 24.0. The molecule has 2 heteroatoms. The molecule has 0 spiro atoms. The molecule has 0 N–H and O–H groups in total. The lowest BCUT2D eigenvalue weighted by Gasteiger charge is -2.58. The Morgan fingerprint density at radius 3 is 1.54 bits per heavy atom. The molecule has 0 aromatic heterocycles. The molecule has 0 saturated heterocycles. The fourth-order valence-corrected chi connectivity index (χ4v) is 14.6. The summed E-state index contributed by atoms with van der Waals surface area (Å²) in [6.45, 7) is 14.9. The highest BCUT2D eigenvalue weighted by Gasteiger charge is 2.59. The van der Waals surface area contributed by atoms with Crippen LogP contribution in [0.1, 0.15) is 305 Å². The smallest absolute Gasteiger partial charge is 0.306 e. The van der Waals surface area contributed by atoms with Crippen LogP contribution in [-0.2, 0) is 9.53 Å². The Bertz CT molecular complexity index is 1540. The lowest BCUT2D eigenvalue weighted by atomic mass is 9.47. The fourth-order valence-electron chi connectivity index (χ4n) is 14.6. The Labute approximate surface area is 443 Å². The minimum Gasteiger partial charge on any atom is -0.462 e. The molecule has 8 unspecified atom stereocenters. The van der Waals surface area contributed by atoms with Crippen LogP contribution < -0.4 is 0 Å². The van der Waals surface area contributed by atoms with E-state index >= 15 is 0 Å². The number of hydrogen-bond donors (Lipinski definition) is 0. The number of unbranched alkanes of at least 4 members (excludes halogenated alkanes) is 23. The predicted molar refractivity (Wildman–Crippen MR) is 313 cm³/mol. The molecule has 0 aromatic rings. The van der Waals surface area contributed by atoms with E-state index in [-0.39, 0.29) is 12.1 Å². The summed E-state index contributed by atoms with van der Waals surface area (Å²) in [5.41, 5.74) is 2.53. The van der Waals surface area contributed by atoms with Crippen molar-refractivity contribution >= 4 is 5.97 Å². The first kappa shape index (κ1) is 61.5. The molecule has 71 heavy (non-hydrogen) atoms. The van der Waals surface area contributed by atoms with E-state index in [0.29, 0.717) is 17.3 Å². The molecule has 3 saturated carbocycles. The van der Waals surface area contributed by atoms with Crippen LogP contribution in [0.4, 0.5) is 0 Å². The van der Waals surface area contributed by atoms with E-state index < -0.39 is 0 Å². The second-order valence-corrected chi connectivity index (χ2v) is 25.0. The average molecular weight is 980 g/mol. The second-order valence-electron chi connectivity index (χ2n) is 25.0. The van der Waals surface area contributed by atoms with E-state index in [1.54, 1.807) is 5.57 Å². The number of allylic oxidation sites excluding steroid dienone is 11. The highest BCUT2D eigenvalue weighted by atomic mass is 16.5. The molecule has 4 aliphatic carbocycles. The molecule has 406 valence electrons. The third-order valence-electron chi connectivity index (χ3n) is 19.0. The van der Waals surface area contributed by atoms with Crippen LogP contribution in [0.2, 0.25) is 0 Å². The van der Waals surface area contributed by atoms with Crippen molar-refractivity contribution < 1.29 is 9.53 Å². The molecule has 3 fully saturated rings. The summed E-state index contributed by atoms with van der Waals surface area (Å²) in [6.07, 6.45) is 79.3. The zero-order valence-electron chi connectivity index (χ0n) is 48.2. The Morgan fingerprint density at radius 2 is 1.03 bits per heavy atom. The number of hydrogen-bond acceptors (Lipinski definition) is 2. The number of ether oxygens (including phenoxy) is 1. The SMILES string of the molecule is CC/C=C\C/C=C\C/C=C\C/C=C\C/C=C\CCCCCCCCCCCCCCCCCCCCCCCCCC(=O)OC1CCC2(C)C(=CCC3C2CCC2(C)C(C(C)CCCC(C)C)CCC32)C1. The third-order valence-corrected chi connectivity index (χ3v) is 19.0. The van der Waals surface area contributed by atoms with Gasteiger partial charge in [-0.15, -0.1) is 0 Å². The van der Waals surface area contributed by atoms with Gasteiger partial charge in [0.05, 0.1) is 0 Å². The summed E-state index contributed by atoms with van der Waals surface area (Å²) in [5, 5.41) is 0. The average Bonchev–Trinajstić information content (AvgIpc) is 3.72. The molecule has 8 atom stereocenters. The predicted octanol–water partition coefficient (Wildman–Crippen LogP) is 22.4. The monoisotopic (exact) mass is 979 g/mol. The van der Waals surface area contributed by atoms with Gasteiger partial charge in [0.2, 0.25) is 0 Å². The first-order valence-electron chi connectivity index (χ1n) is 31.8. The van der Waals surface area contributed by atoms with Crippen LogP contribution in [0.25, 0.3) is 0 Å². The maximum Gasteiger partial charge on any atom is 0.306 e. The molecule has 4 rings (SSSR count). The van der Waals surface area contributed by atoms with Gasteiger partial charge >= 0.3 is 5.97 Å². The van der Waals surface area contributed by atoms with Crippen molar-refractivity contribution in [1.29, 1.82) is 0 Å². The topological polar surface area (TPSA) is 26.3 Å². The molecule has 2 nitrogen and oxygen atoms in total. The summed E-state index contributed by atoms with van der Waals surface area (Å²) in [4.78, 5) is 13.0. The highest BCUT2D eigenvalue weighted by molar-refractivity contribution is 5.69. The molecule has 0 aromatic carbocycles. The molecule has 0 radical (unpaired) electrons. The molecular formula is C69H118O2. The Kier molecular flexibility index (Phi) is 32.6. The number of rotatable bonds is 41. The number of carbonyl (C=O) groups excluding carboxylic acids is 1. The van der Waals surface area contributed by atoms with Gasteiger partial charge in [-0.2, -0.15) is 0 Å². The Morgan fingerprint density at radius 1 is 0.549 bits per heavy atom. The number of esters is 1. The highest BCUT2D eigenvalue weighted by Crippen LogP contribution is 2.67. The van der Waals surface area contributed by atoms with Crippen LogP contribution >= 0.6 is 0 Å². The van der Waals surface area contributed by atoms with Gasteiger partial charge in [-0.05, 0) is 143 Å². The van der Waals surface area contributed by atoms with Crippen molar-refractivity contribution in [2.45, 2.75) is 311 Å². The normalized spacial score (nSPS) is 26.1. The standard InChI is InChI=1S/C69H118O2/c1-7-8-9-10-11-12-13-14-15-16-17-18-19-20-21-22-23-24-25-26-27-28-29-30-31-32-33-34-35-36-37-38-39-40-41-42-43-44-45-49-67(70)71-62-54-56-68(5)61(58-62)50-51-63-65-53-52-64(60(4)48-46-47-59(2)3)69(65,6)57-55-66(63)68/h8-9,11-12,14-15,17-18,20-21,50,59-60,62-66H,7,10,13,16,19,22-49,51-58H2,1-6H3/b9-8-,12-11-,15-14-,18-17-,21-20-. The van der Waals surface area contributed by atoms with Crippen molar-refractivity contribution in [3.63, 3.8) is 0 Å². The van der Waals surface area contributed by atoms with Gasteiger partial charge in [-0.1, -0.05) is 268 Å². The van der Waals surface area contributed by atoms with Crippen LogP contribution in [0.3, 0.4) is 0 Å². The largest absolute Gasteiger partial charge is 0.462 e. The Hall–Kier alpha value is -2.09. The lowest BCUT2D eigenvalue weighted by Crippen LogP contribution is -2.51. The zero-order chi connectivity index (χ0) is 50.7. The minimum absolute atomic E-state index is 0.0670. The van der Waals surface area contributed by atoms with E-state index in [1.807, 2.05) is 0 Å². The number of fused-ring (bicyclic) bond motifs is 5. The quantitative estimate of drug-likeness (QED) is 0.0347. The maximum absolute atomic E-state index is 13.0. The van der Waals surface area contributed by atoms with E-state index in [4.69, 9.17) is 4.74 Å². The molecular weight excluding hydrogens is 861 g/mol. The van der Waals surface area contributed by atoms with E-state index in [9.17, 15) is 4.79 Å². The number of carbonyl (C=O) groups is 1. The van der Waals surface area contributed by atoms with E-state index in [2.05, 4.69) is 108 Å². The molecule has 0 heterocycles. The molecule has 0 bridgehead atoms. The summed E-state index contributed by atoms with van der Waals surface area (Å²) < 4.78 is 6.19. The lowest BCUT2D eigenvalue weighted by molar-refractivity contribution is -0.151. The maximum atomic E-state index is 13.0. The van der Waals surface area contributed by atoms with Crippen LogP contribution in [0, 0.1) is 46.3 Å².